The molecule has 1 N–H and O–H groups in total. The number of nitrogens with one attached hydrogen (secondary N) is 1. The van der Waals surface area contributed by atoms with Crippen LogP contribution in [0.3, 0.4) is 0 Å². The largest absolute Gasteiger partial charge is 0.416 e. The maximum Gasteiger partial charge on any atom is 0.416 e. The molecule has 1 saturated heterocycles. The molecular weight excluding hydrogens is 551 g/mol. The first-order valence-corrected chi connectivity index (χ1v) is 14.5. The van der Waals surface area contributed by atoms with Gasteiger partial charge < -0.3 is 10.2 Å². The zero-order valence-corrected chi connectivity index (χ0v) is 24.3. The van der Waals surface area contributed by atoms with E-state index in [9.17, 15) is 18.0 Å². The van der Waals surface area contributed by atoms with Gasteiger partial charge in [-0.15, -0.1) is 0 Å². The van der Waals surface area contributed by atoms with Crippen LogP contribution in [0.15, 0.2) is 66.5 Å². The third-order valence-corrected chi connectivity index (χ3v) is 7.81. The lowest BCUT2D eigenvalue weighted by molar-refractivity contribution is -0.138. The first-order valence-electron chi connectivity index (χ1n) is 14.5. The second kappa shape index (κ2) is 13.4. The normalized spacial score (nSPS) is 15.8. The van der Waals surface area contributed by atoms with Crippen molar-refractivity contribution in [2.24, 2.45) is 0 Å². The number of anilines is 1. The number of hydrogen-bond acceptors (Lipinski definition) is 5. The highest BCUT2D eigenvalue weighted by Gasteiger charge is 2.34. The molecule has 6 nitrogen and oxygen atoms in total. The van der Waals surface area contributed by atoms with Crippen LogP contribution in [0.25, 0.3) is 11.6 Å². The van der Waals surface area contributed by atoms with Crippen molar-refractivity contribution in [2.75, 3.05) is 38.0 Å². The Kier molecular flexibility index (Phi) is 9.39. The minimum Gasteiger partial charge on any atom is -0.307 e. The van der Waals surface area contributed by atoms with E-state index in [1.165, 1.54) is 23.9 Å². The lowest BCUT2D eigenvalue weighted by Gasteiger charge is -2.34. The van der Waals surface area contributed by atoms with Gasteiger partial charge in [0, 0.05) is 56.2 Å². The number of fused-ring (bicyclic) bond motifs is 1. The summed E-state index contributed by atoms with van der Waals surface area (Å²) in [6.45, 7) is 8.35. The van der Waals surface area contributed by atoms with E-state index in [0.29, 0.717) is 18.7 Å². The Morgan fingerprint density at radius 1 is 0.977 bits per heavy atom. The van der Waals surface area contributed by atoms with Gasteiger partial charge in [0.2, 0.25) is 0 Å². The van der Waals surface area contributed by atoms with Gasteiger partial charge in [-0.2, -0.15) is 13.2 Å². The summed E-state index contributed by atoms with van der Waals surface area (Å²) in [7, 11) is 0. The highest BCUT2D eigenvalue weighted by molar-refractivity contribution is 6.04. The van der Waals surface area contributed by atoms with Crippen LogP contribution < -0.4 is 15.9 Å². The highest BCUT2D eigenvalue weighted by Crippen LogP contribution is 2.33. The molecule has 1 fully saturated rings. The quantitative estimate of drug-likeness (QED) is 0.429. The maximum absolute atomic E-state index is 14.0. The minimum absolute atomic E-state index is 0.0876. The number of benzene rings is 1. The van der Waals surface area contributed by atoms with Gasteiger partial charge in [0.15, 0.2) is 0 Å². The molecule has 1 aromatic carbocycles. The van der Waals surface area contributed by atoms with E-state index in [1.54, 1.807) is 18.3 Å². The summed E-state index contributed by atoms with van der Waals surface area (Å²) in [4.78, 5) is 26.0. The number of carbonyl (C=O) groups excluding carboxylic acids is 1. The van der Waals surface area contributed by atoms with E-state index in [4.69, 9.17) is 0 Å². The number of amides is 1. The van der Waals surface area contributed by atoms with Gasteiger partial charge >= 0.3 is 6.18 Å². The van der Waals surface area contributed by atoms with Gasteiger partial charge in [0.25, 0.3) is 5.91 Å². The first-order chi connectivity index (χ1) is 20.7. The molecule has 2 aromatic heterocycles. The van der Waals surface area contributed by atoms with Gasteiger partial charge in [0.1, 0.15) is 5.82 Å². The number of likely N-dealkylation sites (N-methyl/N-ethyl adjacent to an activating group) is 1. The van der Waals surface area contributed by atoms with Crippen LogP contribution in [0.4, 0.5) is 19.0 Å². The standard InChI is InChI=1S/C34H34F3N5O/c1-3-24-7-9-26-6-5-14-39-32(26)27(20-24)10-8-25-13-15-38-31(21-25)40-33(43)28-11-12-29(30(22-28)34(35,36)37)23-42-18-16-41(4-2)17-19-42/h5-6,9,11-15,20-22H,3-4,7,16-19,23H2,1-2H3,(H,38,40,43). The van der Waals surface area contributed by atoms with E-state index < -0.39 is 17.6 Å². The number of rotatable bonds is 6. The van der Waals surface area contributed by atoms with E-state index >= 15 is 0 Å². The fourth-order valence-corrected chi connectivity index (χ4v) is 5.25. The van der Waals surface area contributed by atoms with Gasteiger partial charge in [-0.3, -0.25) is 14.7 Å². The van der Waals surface area contributed by atoms with Crippen LogP contribution in [0.2, 0.25) is 0 Å². The molecule has 1 aliphatic heterocycles. The number of alkyl halides is 3. The fourth-order valence-electron chi connectivity index (χ4n) is 5.25. The lowest BCUT2D eigenvalue weighted by atomic mass is 10.0. The highest BCUT2D eigenvalue weighted by atomic mass is 19.4. The zero-order valence-electron chi connectivity index (χ0n) is 24.3. The van der Waals surface area contributed by atoms with Crippen LogP contribution >= 0.6 is 0 Å². The SMILES string of the molecule is CCC1=CC(C#Cc2ccnc(NC(=O)c3ccc(CN4CCN(CC)CC4)c(C(F)(F)F)c3)c2)=c2ncccc2=CC1. The maximum atomic E-state index is 14.0. The molecule has 43 heavy (non-hydrogen) atoms. The molecule has 1 amide bonds. The van der Waals surface area contributed by atoms with Crippen LogP contribution in [-0.4, -0.2) is 58.4 Å². The zero-order chi connectivity index (χ0) is 30.4. The molecule has 222 valence electrons. The molecule has 0 radical (unpaired) electrons. The Balaban J connectivity index is 1.35. The summed E-state index contributed by atoms with van der Waals surface area (Å²) in [6.07, 6.45) is 4.61. The minimum atomic E-state index is -4.59. The molecule has 0 saturated carbocycles. The number of allylic oxidation sites excluding steroid dienone is 2. The number of halogens is 3. The molecule has 3 aromatic rings. The second-order valence-electron chi connectivity index (χ2n) is 10.6. The van der Waals surface area contributed by atoms with Crippen molar-refractivity contribution in [1.29, 1.82) is 0 Å². The van der Waals surface area contributed by atoms with Gasteiger partial charge in [-0.1, -0.05) is 49.5 Å². The summed E-state index contributed by atoms with van der Waals surface area (Å²) in [5, 5.41) is 4.47. The number of hydrogen-bond donors (Lipinski definition) is 1. The van der Waals surface area contributed by atoms with Crippen molar-refractivity contribution < 1.29 is 18.0 Å². The average Bonchev–Trinajstić information content (AvgIpc) is 3.19. The van der Waals surface area contributed by atoms with Crippen molar-refractivity contribution in [1.82, 2.24) is 19.8 Å². The monoisotopic (exact) mass is 585 g/mol. The predicted molar refractivity (Wildman–Crippen MR) is 162 cm³/mol. The summed E-state index contributed by atoms with van der Waals surface area (Å²) < 4.78 is 42.1. The summed E-state index contributed by atoms with van der Waals surface area (Å²) >= 11 is 0. The molecule has 1 aliphatic carbocycles. The molecule has 3 heterocycles. The van der Waals surface area contributed by atoms with E-state index in [-0.39, 0.29) is 23.5 Å². The molecule has 0 atom stereocenters. The Morgan fingerprint density at radius 2 is 1.77 bits per heavy atom. The summed E-state index contributed by atoms with van der Waals surface area (Å²) in [5.41, 5.74) is 1.93. The Morgan fingerprint density at radius 3 is 2.51 bits per heavy atom. The van der Waals surface area contributed by atoms with Crippen molar-refractivity contribution in [2.45, 2.75) is 39.4 Å². The van der Waals surface area contributed by atoms with E-state index in [0.717, 1.165) is 54.7 Å². The molecule has 5 rings (SSSR count). The van der Waals surface area contributed by atoms with Crippen molar-refractivity contribution in [3.8, 4) is 11.8 Å². The number of nitrogens with zero attached hydrogens (tertiary/aromatic N) is 4. The second-order valence-corrected chi connectivity index (χ2v) is 10.6. The van der Waals surface area contributed by atoms with Crippen LogP contribution in [0.5, 0.6) is 0 Å². The van der Waals surface area contributed by atoms with Crippen molar-refractivity contribution >= 4 is 23.4 Å². The van der Waals surface area contributed by atoms with Crippen molar-refractivity contribution in [3.05, 3.63) is 99.3 Å². The molecule has 0 unspecified atom stereocenters. The molecule has 9 heteroatoms. The topological polar surface area (TPSA) is 61.4 Å². The molecule has 0 bridgehead atoms. The lowest BCUT2D eigenvalue weighted by Crippen LogP contribution is -2.45. The number of piperazine rings is 1. The van der Waals surface area contributed by atoms with Crippen LogP contribution in [-0.2, 0) is 12.7 Å². The first kappa shape index (κ1) is 30.2. The summed E-state index contributed by atoms with van der Waals surface area (Å²) in [6, 6.07) is 11.0. The predicted octanol–water partition coefficient (Wildman–Crippen LogP) is 4.61. The van der Waals surface area contributed by atoms with Gasteiger partial charge in [-0.25, -0.2) is 4.98 Å². The molecular formula is C34H34F3N5O. The molecule has 0 spiro atoms. The number of pyridine rings is 2. The van der Waals surface area contributed by atoms with Gasteiger partial charge in [0.05, 0.1) is 16.5 Å². The molecule has 2 aliphatic rings. The Bertz CT molecular complexity index is 1710. The van der Waals surface area contributed by atoms with Gasteiger partial charge in [-0.05, 0) is 66.6 Å². The van der Waals surface area contributed by atoms with Crippen LogP contribution in [0.1, 0.15) is 53.7 Å². The number of carbonyl (C=O) groups is 1. The number of aromatic nitrogens is 2. The van der Waals surface area contributed by atoms with Crippen LogP contribution in [0, 0.1) is 11.8 Å². The smallest absolute Gasteiger partial charge is 0.307 e. The summed E-state index contributed by atoms with van der Waals surface area (Å²) in [5.74, 6) is 5.87. The van der Waals surface area contributed by atoms with E-state index in [2.05, 4.69) is 58.0 Å². The fraction of sp³-hybridized carbons (Fsp3) is 0.324. The average molecular weight is 586 g/mol. The van der Waals surface area contributed by atoms with E-state index in [1.807, 2.05) is 17.0 Å². The third kappa shape index (κ3) is 7.58. The Labute approximate surface area is 249 Å². The van der Waals surface area contributed by atoms with Crippen molar-refractivity contribution in [3.63, 3.8) is 0 Å². The Hall–Kier alpha value is -4.26. The third-order valence-electron chi connectivity index (χ3n) is 7.81.